The first kappa shape index (κ1) is 35.9. The number of methoxy groups -OCH3 is 1. The number of carbonyl (C=O) groups is 3. The van der Waals surface area contributed by atoms with E-state index in [0.29, 0.717) is 16.7 Å². The van der Waals surface area contributed by atoms with E-state index in [1.54, 1.807) is 30.3 Å². The fraction of sp³-hybridized carbons (Fsp3) is 0.162. The number of amides is 2. The van der Waals surface area contributed by atoms with Gasteiger partial charge in [-0.1, -0.05) is 36.4 Å². The maximum absolute atomic E-state index is 13.5. The van der Waals surface area contributed by atoms with E-state index in [9.17, 15) is 32.7 Å². The van der Waals surface area contributed by atoms with Crippen molar-refractivity contribution < 1.29 is 42.5 Å². The maximum atomic E-state index is 13.5. The number of amidine groups is 1. The molecule has 1 heterocycles. The molecule has 0 radical (unpaired) electrons. The van der Waals surface area contributed by atoms with Crippen molar-refractivity contribution in [3.05, 3.63) is 131 Å². The van der Waals surface area contributed by atoms with Gasteiger partial charge < -0.3 is 29.7 Å². The van der Waals surface area contributed by atoms with Crippen molar-refractivity contribution in [1.82, 2.24) is 9.47 Å². The zero-order chi connectivity index (χ0) is 36.9. The largest absolute Gasteiger partial charge is 0.578 e. The minimum atomic E-state index is -4.70. The molecule has 0 fully saturated rings. The first-order chi connectivity index (χ1) is 24.2. The first-order valence-corrected chi connectivity index (χ1v) is 15.4. The zero-order valence-corrected chi connectivity index (χ0v) is 27.4. The number of benzene rings is 4. The molecule has 0 saturated carbocycles. The number of aromatic nitrogens is 1. The third-order valence-corrected chi connectivity index (χ3v) is 8.01. The highest BCUT2D eigenvalue weighted by molar-refractivity contribution is 6.12. The molecule has 0 aliphatic carbocycles. The maximum Gasteiger partial charge on any atom is 0.416 e. The van der Waals surface area contributed by atoms with Crippen molar-refractivity contribution in [2.24, 2.45) is 12.0 Å². The predicted octanol–water partition coefficient (Wildman–Crippen LogP) is 5.61. The Kier molecular flexibility index (Phi) is 10.5. The third-order valence-electron chi connectivity index (χ3n) is 8.01. The molecule has 0 unspecified atom stereocenters. The highest BCUT2D eigenvalue weighted by Gasteiger charge is 2.34. The summed E-state index contributed by atoms with van der Waals surface area (Å²) in [5.74, 6) is -2.78. The van der Waals surface area contributed by atoms with E-state index in [0.717, 1.165) is 21.9 Å². The molecule has 5 N–H and O–H groups in total. The Balaban J connectivity index is 1.24. The lowest BCUT2D eigenvalue weighted by Gasteiger charge is -2.21. The highest BCUT2D eigenvalue weighted by atomic mass is 19.4. The van der Waals surface area contributed by atoms with Gasteiger partial charge in [-0.05, 0) is 65.7 Å². The second-order valence-electron chi connectivity index (χ2n) is 11.5. The minimum absolute atomic E-state index is 0.00262. The van der Waals surface area contributed by atoms with Gasteiger partial charge in [0.2, 0.25) is 5.91 Å². The molecule has 5 aromatic rings. The summed E-state index contributed by atoms with van der Waals surface area (Å²) >= 11 is 0. The van der Waals surface area contributed by atoms with Crippen LogP contribution in [0.15, 0.2) is 102 Å². The Morgan fingerprint density at radius 2 is 1.67 bits per heavy atom. The van der Waals surface area contributed by atoms with Crippen LogP contribution in [-0.2, 0) is 35.8 Å². The lowest BCUT2D eigenvalue weighted by Crippen LogP contribution is -2.35. The zero-order valence-electron chi connectivity index (χ0n) is 27.4. The Bertz CT molecular complexity index is 2140. The second-order valence-corrected chi connectivity index (χ2v) is 11.5. The van der Waals surface area contributed by atoms with E-state index in [-0.39, 0.29) is 40.8 Å². The van der Waals surface area contributed by atoms with E-state index in [1.165, 1.54) is 43.5 Å². The summed E-state index contributed by atoms with van der Waals surface area (Å²) < 4.78 is 47.4. The van der Waals surface area contributed by atoms with Gasteiger partial charge in [0.15, 0.2) is 5.84 Å². The SMILES string of the molecule is COc1ccc(CC(=O)Nc2ccc(C(=O)N(CC(=O)O)Cc3ccc(C(=N)N=C([OH2+])c4cccc5c4ccn5C)cc3)cc2)c(C(F)(F)F)c1. The number of halogens is 3. The molecule has 4 aromatic carbocycles. The van der Waals surface area contributed by atoms with Gasteiger partial charge in [0, 0.05) is 47.5 Å². The molecule has 262 valence electrons. The number of nitrogens with one attached hydrogen (secondary N) is 2. The van der Waals surface area contributed by atoms with Crippen LogP contribution in [0.2, 0.25) is 0 Å². The fourth-order valence-corrected chi connectivity index (χ4v) is 5.45. The van der Waals surface area contributed by atoms with Gasteiger partial charge in [0.1, 0.15) is 17.9 Å². The normalized spacial score (nSPS) is 11.7. The fourth-order valence-electron chi connectivity index (χ4n) is 5.45. The summed E-state index contributed by atoms with van der Waals surface area (Å²) in [7, 11) is 3.14. The number of aliphatic carboxylic acids is 1. The number of hydrogen-bond donors (Lipinski definition) is 3. The lowest BCUT2D eigenvalue weighted by atomic mass is 10.0. The number of carbonyl (C=O) groups excluding carboxylic acids is 2. The molecule has 14 heteroatoms. The number of aryl methyl sites for hydroxylation is 1. The van der Waals surface area contributed by atoms with Crippen LogP contribution in [0.5, 0.6) is 5.75 Å². The lowest BCUT2D eigenvalue weighted by molar-refractivity contribution is -0.139. The average molecular weight is 701 g/mol. The molecular formula is C37H33F3N5O6+. The van der Waals surface area contributed by atoms with Crippen molar-refractivity contribution in [2.45, 2.75) is 19.1 Å². The molecule has 2 amide bonds. The van der Waals surface area contributed by atoms with Gasteiger partial charge in [-0.25, -0.2) is 0 Å². The Labute approximate surface area is 289 Å². The number of aliphatic imine (C=N–C) groups is 1. The Morgan fingerprint density at radius 3 is 2.31 bits per heavy atom. The molecule has 0 aliphatic heterocycles. The average Bonchev–Trinajstić information content (AvgIpc) is 3.48. The molecule has 1 aromatic heterocycles. The van der Waals surface area contributed by atoms with Crippen LogP contribution in [0.1, 0.15) is 38.2 Å². The van der Waals surface area contributed by atoms with E-state index in [4.69, 9.17) is 15.3 Å². The van der Waals surface area contributed by atoms with Gasteiger partial charge in [0.25, 0.3) is 5.91 Å². The molecule has 0 spiro atoms. The number of ether oxygens (including phenoxy) is 1. The van der Waals surface area contributed by atoms with Crippen molar-refractivity contribution >= 4 is 46.1 Å². The summed E-state index contributed by atoms with van der Waals surface area (Å²) in [4.78, 5) is 42.9. The number of nitrogens with zero attached hydrogens (tertiary/aromatic N) is 3. The van der Waals surface area contributed by atoms with Crippen molar-refractivity contribution in [2.75, 3.05) is 19.0 Å². The Hall–Kier alpha value is -6.44. The van der Waals surface area contributed by atoms with E-state index >= 15 is 0 Å². The first-order valence-electron chi connectivity index (χ1n) is 15.4. The standard InChI is InChI=1S/C37H32F3N5O6/c1-44-17-16-28-29(4-3-5-31(28)44)35(49)43-34(41)23-8-6-22(7-9-23)20-45(21-33(47)48)36(50)24-10-13-26(14-11-24)42-32(46)18-25-12-15-27(51-2)19-30(25)37(38,39)40/h3-17,19H,18,20-21H2,1-2H3,(H,42,46)(H,47,48)(H2,41,43,49)/p+1. The summed E-state index contributed by atoms with van der Waals surface area (Å²) in [6.45, 7) is -0.695. The predicted molar refractivity (Wildman–Crippen MR) is 185 cm³/mol. The number of carboxylic acid groups (broad SMARTS) is 1. The van der Waals surface area contributed by atoms with Gasteiger partial charge in [-0.2, -0.15) is 13.2 Å². The molecular weight excluding hydrogens is 667 g/mol. The second kappa shape index (κ2) is 15.0. The van der Waals surface area contributed by atoms with Gasteiger partial charge in [0.05, 0.1) is 19.1 Å². The topological polar surface area (TPSA) is 160 Å². The minimum Gasteiger partial charge on any atom is -0.578 e. The van der Waals surface area contributed by atoms with Crippen molar-refractivity contribution in [3.8, 4) is 5.75 Å². The highest BCUT2D eigenvalue weighted by Crippen LogP contribution is 2.35. The number of carboxylic acids is 1. The quantitative estimate of drug-likeness (QED) is 0.0927. The number of anilines is 1. The van der Waals surface area contributed by atoms with Crippen LogP contribution in [-0.4, -0.2) is 62.9 Å². The van der Waals surface area contributed by atoms with Crippen LogP contribution in [0.4, 0.5) is 18.9 Å². The number of fused-ring (bicyclic) bond motifs is 1. The Morgan fingerprint density at radius 1 is 0.980 bits per heavy atom. The molecule has 11 nitrogen and oxygen atoms in total. The van der Waals surface area contributed by atoms with Crippen LogP contribution in [0, 0.1) is 5.41 Å². The summed E-state index contributed by atoms with van der Waals surface area (Å²) in [5.41, 5.74) is 1.62. The van der Waals surface area contributed by atoms with Gasteiger partial charge in [-0.3, -0.25) is 19.8 Å². The van der Waals surface area contributed by atoms with Crippen molar-refractivity contribution in [1.29, 1.82) is 5.41 Å². The monoisotopic (exact) mass is 700 g/mol. The number of hydrogen-bond acceptors (Lipinski definition) is 5. The summed E-state index contributed by atoms with van der Waals surface area (Å²) in [6, 6.07) is 22.7. The molecule has 0 saturated heterocycles. The van der Waals surface area contributed by atoms with Crippen LogP contribution < -0.4 is 10.1 Å². The molecule has 5 rings (SSSR count). The summed E-state index contributed by atoms with van der Waals surface area (Å²) in [5, 5.41) is 29.8. The number of rotatable bonds is 11. The van der Waals surface area contributed by atoms with Gasteiger partial charge in [-0.15, -0.1) is 4.99 Å². The van der Waals surface area contributed by atoms with Crippen LogP contribution in [0.3, 0.4) is 0 Å². The van der Waals surface area contributed by atoms with Gasteiger partial charge >= 0.3 is 18.0 Å². The molecule has 0 atom stereocenters. The van der Waals surface area contributed by atoms with Crippen LogP contribution >= 0.6 is 0 Å². The smallest absolute Gasteiger partial charge is 0.416 e. The van der Waals surface area contributed by atoms with E-state index in [1.807, 2.05) is 36.0 Å². The molecule has 51 heavy (non-hydrogen) atoms. The van der Waals surface area contributed by atoms with E-state index in [2.05, 4.69) is 10.3 Å². The molecule has 0 aliphatic rings. The molecule has 0 bridgehead atoms. The third kappa shape index (κ3) is 8.60. The van der Waals surface area contributed by atoms with Crippen LogP contribution in [0.25, 0.3) is 10.9 Å². The van der Waals surface area contributed by atoms with E-state index < -0.39 is 42.5 Å². The van der Waals surface area contributed by atoms with Crippen molar-refractivity contribution in [3.63, 3.8) is 0 Å². The number of alkyl halides is 3. The summed E-state index contributed by atoms with van der Waals surface area (Å²) in [6.07, 6.45) is -3.38.